The smallest absolute Gasteiger partial charge is 0.127 e. The molecule has 0 aromatic heterocycles. The van der Waals surface area contributed by atoms with Crippen LogP contribution in [0.3, 0.4) is 0 Å². The molecule has 0 heterocycles. The van der Waals surface area contributed by atoms with Gasteiger partial charge in [0.05, 0.1) is 20.3 Å². The molecule has 0 unspecified atom stereocenters. The number of nitrogens with one attached hydrogen (secondary N) is 1. The monoisotopic (exact) mass is 330 g/mol. The number of hydrogen-bond donors (Lipinski definition) is 3. The quantitative estimate of drug-likeness (QED) is 0.653. The highest BCUT2D eigenvalue weighted by Crippen LogP contribution is 2.24. The van der Waals surface area contributed by atoms with E-state index in [1.165, 1.54) is 0 Å². The van der Waals surface area contributed by atoms with Gasteiger partial charge < -0.3 is 25.6 Å². The molecule has 2 rings (SSSR count). The molecule has 2 atom stereocenters. The Hall–Kier alpha value is -2.08. The van der Waals surface area contributed by atoms with Gasteiger partial charge >= 0.3 is 0 Å². The molecule has 2 aromatic carbocycles. The Morgan fingerprint density at radius 2 is 1.83 bits per heavy atom. The van der Waals surface area contributed by atoms with Gasteiger partial charge in [-0.3, -0.25) is 0 Å². The molecule has 0 spiro atoms. The number of hydrogen-bond acceptors (Lipinski definition) is 5. The molecule has 0 aliphatic rings. The lowest BCUT2D eigenvalue weighted by Gasteiger charge is -2.20. The van der Waals surface area contributed by atoms with Crippen LogP contribution in [0.25, 0.3) is 0 Å². The molecule has 130 valence electrons. The van der Waals surface area contributed by atoms with Crippen molar-refractivity contribution in [3.8, 4) is 11.5 Å². The molecule has 5 heteroatoms. The highest BCUT2D eigenvalue weighted by atomic mass is 16.5. The summed E-state index contributed by atoms with van der Waals surface area (Å²) in [6, 6.07) is 15.3. The van der Waals surface area contributed by atoms with Crippen molar-refractivity contribution < 1.29 is 14.6 Å². The van der Waals surface area contributed by atoms with Crippen LogP contribution in [0.1, 0.15) is 11.1 Å². The van der Waals surface area contributed by atoms with Crippen molar-refractivity contribution >= 4 is 0 Å². The Morgan fingerprint density at radius 1 is 1.08 bits per heavy atom. The Labute approximate surface area is 143 Å². The molecule has 0 saturated carbocycles. The summed E-state index contributed by atoms with van der Waals surface area (Å²) in [5.74, 6) is 1.51. The largest absolute Gasteiger partial charge is 0.497 e. The number of rotatable bonds is 9. The van der Waals surface area contributed by atoms with Crippen LogP contribution in [-0.4, -0.2) is 38.0 Å². The zero-order chi connectivity index (χ0) is 17.4. The van der Waals surface area contributed by atoms with Crippen LogP contribution in [0.2, 0.25) is 0 Å². The van der Waals surface area contributed by atoms with Gasteiger partial charge in [0.1, 0.15) is 11.5 Å². The van der Waals surface area contributed by atoms with Gasteiger partial charge in [0.25, 0.3) is 0 Å². The van der Waals surface area contributed by atoms with E-state index in [9.17, 15) is 5.11 Å². The van der Waals surface area contributed by atoms with E-state index in [2.05, 4.69) is 5.32 Å². The predicted octanol–water partition coefficient (Wildman–Crippen LogP) is 1.72. The van der Waals surface area contributed by atoms with Gasteiger partial charge in [-0.25, -0.2) is 0 Å². The van der Waals surface area contributed by atoms with E-state index >= 15 is 0 Å². The molecule has 0 bridgehead atoms. The fraction of sp³-hybridized carbons (Fsp3) is 0.368. The molecule has 24 heavy (non-hydrogen) atoms. The van der Waals surface area contributed by atoms with Crippen molar-refractivity contribution in [1.29, 1.82) is 0 Å². The van der Waals surface area contributed by atoms with Gasteiger partial charge in [-0.05, 0) is 18.1 Å². The number of nitrogens with two attached hydrogens (primary N) is 1. The van der Waals surface area contributed by atoms with Crippen molar-refractivity contribution in [1.82, 2.24) is 5.32 Å². The molecule has 0 fully saturated rings. The van der Waals surface area contributed by atoms with E-state index in [-0.39, 0.29) is 6.04 Å². The van der Waals surface area contributed by atoms with Crippen molar-refractivity contribution in [2.75, 3.05) is 20.8 Å². The summed E-state index contributed by atoms with van der Waals surface area (Å²) in [6.07, 6.45) is 0.0321. The first-order valence-electron chi connectivity index (χ1n) is 8.03. The minimum absolute atomic E-state index is 0.308. The van der Waals surface area contributed by atoms with Crippen LogP contribution in [0, 0.1) is 0 Å². The average molecular weight is 330 g/mol. The normalized spacial score (nSPS) is 13.3. The second-order valence-electron chi connectivity index (χ2n) is 5.73. The molecule has 0 aliphatic heterocycles. The number of aliphatic hydroxyl groups is 1. The highest BCUT2D eigenvalue weighted by molar-refractivity contribution is 5.40. The molecule has 0 saturated heterocycles. The van der Waals surface area contributed by atoms with E-state index in [1.54, 1.807) is 14.2 Å². The van der Waals surface area contributed by atoms with Crippen LogP contribution in [0.15, 0.2) is 48.5 Å². The molecular weight excluding hydrogens is 304 g/mol. The van der Waals surface area contributed by atoms with E-state index in [4.69, 9.17) is 15.2 Å². The Balaban J connectivity index is 1.82. The van der Waals surface area contributed by atoms with Gasteiger partial charge in [-0.1, -0.05) is 36.4 Å². The second kappa shape index (κ2) is 9.27. The van der Waals surface area contributed by atoms with Crippen molar-refractivity contribution in [3.05, 3.63) is 59.7 Å². The summed E-state index contributed by atoms with van der Waals surface area (Å²) in [7, 11) is 3.25. The maximum absolute atomic E-state index is 10.2. The fourth-order valence-corrected chi connectivity index (χ4v) is 2.53. The standard InChI is InChI=1S/C19H26N2O3/c1-23-16-9-8-15(19(11-16)24-2)12-21-13-18(22)17(20)10-14-6-4-3-5-7-14/h3-9,11,17-18,21-22H,10,12-13,20H2,1-2H3/t17-,18+/m0/s1. The maximum atomic E-state index is 10.2. The molecule has 2 aromatic rings. The second-order valence-corrected chi connectivity index (χ2v) is 5.73. The van der Waals surface area contributed by atoms with E-state index in [0.717, 1.165) is 22.6 Å². The lowest BCUT2D eigenvalue weighted by Crippen LogP contribution is -2.43. The summed E-state index contributed by atoms with van der Waals surface area (Å²) in [5.41, 5.74) is 8.22. The van der Waals surface area contributed by atoms with Crippen LogP contribution >= 0.6 is 0 Å². The van der Waals surface area contributed by atoms with Crippen molar-refractivity contribution in [2.45, 2.75) is 25.1 Å². The Kier molecular flexibility index (Phi) is 7.06. The van der Waals surface area contributed by atoms with Crippen LogP contribution in [0.4, 0.5) is 0 Å². The summed E-state index contributed by atoms with van der Waals surface area (Å²) in [6.45, 7) is 1.01. The highest BCUT2D eigenvalue weighted by Gasteiger charge is 2.15. The summed E-state index contributed by atoms with van der Waals surface area (Å²) in [4.78, 5) is 0. The van der Waals surface area contributed by atoms with Crippen LogP contribution in [0.5, 0.6) is 11.5 Å². The first-order chi connectivity index (χ1) is 11.6. The molecular formula is C19H26N2O3. The third kappa shape index (κ3) is 5.23. The number of benzene rings is 2. The molecule has 0 radical (unpaired) electrons. The van der Waals surface area contributed by atoms with E-state index in [1.807, 2.05) is 48.5 Å². The van der Waals surface area contributed by atoms with Gasteiger partial charge in [0.15, 0.2) is 0 Å². The summed E-state index contributed by atoms with van der Waals surface area (Å²) in [5, 5.41) is 13.5. The van der Waals surface area contributed by atoms with Gasteiger partial charge in [0, 0.05) is 30.8 Å². The lowest BCUT2D eigenvalue weighted by atomic mass is 10.0. The Bertz CT molecular complexity index is 619. The van der Waals surface area contributed by atoms with Gasteiger partial charge in [-0.15, -0.1) is 0 Å². The zero-order valence-electron chi connectivity index (χ0n) is 14.2. The minimum atomic E-state index is -0.616. The molecule has 5 nitrogen and oxygen atoms in total. The first kappa shape index (κ1) is 18.3. The molecule has 0 amide bonds. The minimum Gasteiger partial charge on any atom is -0.497 e. The SMILES string of the molecule is COc1ccc(CNC[C@@H](O)[C@@H](N)Cc2ccccc2)c(OC)c1. The van der Waals surface area contributed by atoms with Crippen molar-refractivity contribution in [3.63, 3.8) is 0 Å². The predicted molar refractivity (Wildman–Crippen MR) is 95.4 cm³/mol. The third-order valence-electron chi connectivity index (χ3n) is 3.97. The first-order valence-corrected chi connectivity index (χ1v) is 8.03. The zero-order valence-corrected chi connectivity index (χ0v) is 14.2. The molecule has 4 N–H and O–H groups in total. The topological polar surface area (TPSA) is 76.7 Å². The average Bonchev–Trinajstić information content (AvgIpc) is 2.62. The summed E-state index contributed by atoms with van der Waals surface area (Å²) >= 11 is 0. The summed E-state index contributed by atoms with van der Waals surface area (Å²) < 4.78 is 10.6. The third-order valence-corrected chi connectivity index (χ3v) is 3.97. The van der Waals surface area contributed by atoms with E-state index in [0.29, 0.717) is 19.5 Å². The number of ether oxygens (including phenoxy) is 2. The lowest BCUT2D eigenvalue weighted by molar-refractivity contribution is 0.141. The van der Waals surface area contributed by atoms with Crippen LogP contribution < -0.4 is 20.5 Å². The number of aliphatic hydroxyl groups excluding tert-OH is 1. The van der Waals surface area contributed by atoms with Gasteiger partial charge in [0.2, 0.25) is 0 Å². The fourth-order valence-electron chi connectivity index (χ4n) is 2.53. The van der Waals surface area contributed by atoms with Gasteiger partial charge in [-0.2, -0.15) is 0 Å². The molecule has 0 aliphatic carbocycles. The van der Waals surface area contributed by atoms with Crippen molar-refractivity contribution in [2.24, 2.45) is 5.73 Å². The number of methoxy groups -OCH3 is 2. The van der Waals surface area contributed by atoms with E-state index < -0.39 is 6.10 Å². The maximum Gasteiger partial charge on any atom is 0.127 e. The Morgan fingerprint density at radius 3 is 2.50 bits per heavy atom. The van der Waals surface area contributed by atoms with Crippen LogP contribution in [-0.2, 0) is 13.0 Å².